The van der Waals surface area contributed by atoms with Crippen LogP contribution in [0.3, 0.4) is 0 Å². The predicted octanol–water partition coefficient (Wildman–Crippen LogP) is 4.02. The average Bonchev–Trinajstić information content (AvgIpc) is 2.47. The maximum absolute atomic E-state index is 9.60. The van der Waals surface area contributed by atoms with E-state index in [2.05, 4.69) is 57.6 Å². The Balaban J connectivity index is 1.57. The Kier molecular flexibility index (Phi) is 4.73. The smallest absolute Gasteiger partial charge is 0.0626 e. The molecule has 2 N–H and O–H groups in total. The molecule has 21 heavy (non-hydrogen) atoms. The summed E-state index contributed by atoms with van der Waals surface area (Å²) in [6, 6.07) is 19.3. The molecule has 110 valence electrons. The van der Waals surface area contributed by atoms with E-state index in [0.29, 0.717) is 12.0 Å². The fourth-order valence-electron chi connectivity index (χ4n) is 3.01. The molecule has 0 saturated heterocycles. The van der Waals surface area contributed by atoms with Crippen molar-refractivity contribution in [3.63, 3.8) is 0 Å². The first kappa shape index (κ1) is 14.8. The van der Waals surface area contributed by atoms with Crippen LogP contribution in [0.15, 0.2) is 59.1 Å². The highest BCUT2D eigenvalue weighted by Crippen LogP contribution is 2.38. The zero-order valence-electron chi connectivity index (χ0n) is 11.9. The van der Waals surface area contributed by atoms with Crippen molar-refractivity contribution in [2.24, 2.45) is 0 Å². The molecule has 0 heterocycles. The molecule has 0 radical (unpaired) electrons. The third-order valence-corrected chi connectivity index (χ3v) is 4.77. The van der Waals surface area contributed by atoms with Crippen LogP contribution in [-0.4, -0.2) is 17.8 Å². The van der Waals surface area contributed by atoms with Crippen LogP contribution in [0.1, 0.15) is 35.9 Å². The second kappa shape index (κ2) is 6.73. The fraction of sp³-hybridized carbons (Fsp3) is 0.333. The van der Waals surface area contributed by atoms with E-state index in [9.17, 15) is 5.11 Å². The van der Waals surface area contributed by atoms with Crippen LogP contribution in [-0.2, 0) is 0 Å². The van der Waals surface area contributed by atoms with Crippen molar-refractivity contribution >= 4 is 15.9 Å². The van der Waals surface area contributed by atoms with E-state index in [1.165, 1.54) is 5.56 Å². The van der Waals surface area contributed by atoms with E-state index in [4.69, 9.17) is 0 Å². The van der Waals surface area contributed by atoms with Gasteiger partial charge in [0.25, 0.3) is 0 Å². The van der Waals surface area contributed by atoms with Crippen LogP contribution in [0, 0.1) is 0 Å². The second-order valence-electron chi connectivity index (χ2n) is 5.73. The van der Waals surface area contributed by atoms with Gasteiger partial charge in [0.1, 0.15) is 0 Å². The number of rotatable bonds is 5. The number of aliphatic hydroxyl groups excluding tert-OH is 1. The number of halogens is 1. The molecule has 2 nitrogen and oxygen atoms in total. The Morgan fingerprint density at radius 2 is 1.86 bits per heavy atom. The summed E-state index contributed by atoms with van der Waals surface area (Å²) in [6.45, 7) is 0.141. The molecule has 1 aliphatic rings. The molecule has 2 aromatic rings. The molecule has 0 bridgehead atoms. The van der Waals surface area contributed by atoms with Gasteiger partial charge in [-0.05, 0) is 42.0 Å². The van der Waals surface area contributed by atoms with Crippen LogP contribution in [0.25, 0.3) is 0 Å². The summed E-state index contributed by atoms with van der Waals surface area (Å²) < 4.78 is 1.15. The standard InChI is InChI=1S/C18H20BrNO/c19-16-8-4-7-14(9-16)15-10-17(11-15)20-18(12-21)13-5-2-1-3-6-13/h1-9,15,17-18,20-21H,10-12H2/t15?,17?,18-/m1/s1. The first-order valence-electron chi connectivity index (χ1n) is 7.43. The van der Waals surface area contributed by atoms with E-state index >= 15 is 0 Å². The van der Waals surface area contributed by atoms with Gasteiger partial charge in [0.2, 0.25) is 0 Å². The average molecular weight is 346 g/mol. The molecule has 1 aliphatic carbocycles. The van der Waals surface area contributed by atoms with Crippen molar-refractivity contribution in [3.05, 3.63) is 70.2 Å². The highest BCUT2D eigenvalue weighted by atomic mass is 79.9. The van der Waals surface area contributed by atoms with Gasteiger partial charge in [0, 0.05) is 10.5 Å². The predicted molar refractivity (Wildman–Crippen MR) is 89.3 cm³/mol. The van der Waals surface area contributed by atoms with Gasteiger partial charge in [-0.2, -0.15) is 0 Å². The highest BCUT2D eigenvalue weighted by molar-refractivity contribution is 9.10. The number of hydrogen-bond acceptors (Lipinski definition) is 2. The van der Waals surface area contributed by atoms with E-state index in [1.807, 2.05) is 18.2 Å². The number of benzene rings is 2. The van der Waals surface area contributed by atoms with Crippen LogP contribution in [0.5, 0.6) is 0 Å². The zero-order valence-corrected chi connectivity index (χ0v) is 13.5. The van der Waals surface area contributed by atoms with E-state index in [0.717, 1.165) is 22.9 Å². The molecule has 0 unspecified atom stereocenters. The quantitative estimate of drug-likeness (QED) is 0.857. The highest BCUT2D eigenvalue weighted by Gasteiger charge is 2.31. The van der Waals surface area contributed by atoms with Crippen molar-refractivity contribution in [1.82, 2.24) is 5.32 Å². The SMILES string of the molecule is OC[C@@H](NC1CC(c2cccc(Br)c2)C1)c1ccccc1. The molecule has 0 spiro atoms. The molecule has 1 atom stereocenters. The van der Waals surface area contributed by atoms with Gasteiger partial charge >= 0.3 is 0 Å². The monoisotopic (exact) mass is 345 g/mol. The summed E-state index contributed by atoms with van der Waals surface area (Å²) in [7, 11) is 0. The fourth-order valence-corrected chi connectivity index (χ4v) is 3.43. The third-order valence-electron chi connectivity index (χ3n) is 4.28. The summed E-state index contributed by atoms with van der Waals surface area (Å²) in [5.74, 6) is 0.634. The third kappa shape index (κ3) is 3.54. The van der Waals surface area contributed by atoms with Gasteiger partial charge < -0.3 is 10.4 Å². The summed E-state index contributed by atoms with van der Waals surface area (Å²) in [4.78, 5) is 0. The molecule has 0 aromatic heterocycles. The van der Waals surface area contributed by atoms with Crippen molar-refractivity contribution in [3.8, 4) is 0 Å². The van der Waals surface area contributed by atoms with Crippen LogP contribution in [0.2, 0.25) is 0 Å². The molecule has 0 amide bonds. The van der Waals surface area contributed by atoms with Crippen molar-refractivity contribution in [2.45, 2.75) is 30.8 Å². The molecule has 0 aliphatic heterocycles. The molecule has 3 rings (SSSR count). The maximum atomic E-state index is 9.60. The minimum Gasteiger partial charge on any atom is -0.394 e. The van der Waals surface area contributed by atoms with Gasteiger partial charge in [-0.15, -0.1) is 0 Å². The first-order chi connectivity index (χ1) is 10.3. The van der Waals surface area contributed by atoms with Crippen LogP contribution >= 0.6 is 15.9 Å². The largest absolute Gasteiger partial charge is 0.394 e. The number of aliphatic hydroxyl groups is 1. The minimum atomic E-state index is 0.0414. The molecular weight excluding hydrogens is 326 g/mol. The maximum Gasteiger partial charge on any atom is 0.0626 e. The lowest BCUT2D eigenvalue weighted by Crippen LogP contribution is -2.43. The Labute approximate surface area is 134 Å². The van der Waals surface area contributed by atoms with Gasteiger partial charge in [-0.25, -0.2) is 0 Å². The summed E-state index contributed by atoms with van der Waals surface area (Å²) in [6.07, 6.45) is 2.28. The van der Waals surface area contributed by atoms with Crippen molar-refractivity contribution < 1.29 is 5.11 Å². The lowest BCUT2D eigenvalue weighted by Gasteiger charge is -2.38. The lowest BCUT2D eigenvalue weighted by molar-refractivity contribution is 0.197. The first-order valence-corrected chi connectivity index (χ1v) is 8.23. The van der Waals surface area contributed by atoms with Crippen LogP contribution < -0.4 is 5.32 Å². The van der Waals surface area contributed by atoms with E-state index < -0.39 is 0 Å². The summed E-state index contributed by atoms with van der Waals surface area (Å²) >= 11 is 3.53. The van der Waals surface area contributed by atoms with E-state index in [1.54, 1.807) is 0 Å². The molecule has 1 saturated carbocycles. The molecular formula is C18H20BrNO. The summed E-state index contributed by atoms with van der Waals surface area (Å²) in [5, 5.41) is 13.2. The minimum absolute atomic E-state index is 0.0414. The van der Waals surface area contributed by atoms with E-state index in [-0.39, 0.29) is 12.6 Å². The summed E-state index contributed by atoms with van der Waals surface area (Å²) in [5.41, 5.74) is 2.56. The number of nitrogens with one attached hydrogen (secondary N) is 1. The van der Waals surface area contributed by atoms with Crippen molar-refractivity contribution in [1.29, 1.82) is 0 Å². The topological polar surface area (TPSA) is 32.3 Å². The van der Waals surface area contributed by atoms with Crippen LogP contribution in [0.4, 0.5) is 0 Å². The molecule has 2 aromatic carbocycles. The Morgan fingerprint density at radius 3 is 2.52 bits per heavy atom. The molecule has 1 fully saturated rings. The van der Waals surface area contributed by atoms with Gasteiger partial charge in [-0.1, -0.05) is 58.4 Å². The van der Waals surface area contributed by atoms with Crippen molar-refractivity contribution in [2.75, 3.05) is 6.61 Å². The zero-order chi connectivity index (χ0) is 14.7. The van der Waals surface area contributed by atoms with Gasteiger partial charge in [-0.3, -0.25) is 0 Å². The number of hydrogen-bond donors (Lipinski definition) is 2. The normalized spacial score (nSPS) is 22.6. The Bertz CT molecular complexity index is 581. The lowest BCUT2D eigenvalue weighted by atomic mass is 9.75. The van der Waals surface area contributed by atoms with Gasteiger partial charge in [0.05, 0.1) is 12.6 Å². The second-order valence-corrected chi connectivity index (χ2v) is 6.65. The van der Waals surface area contributed by atoms with Gasteiger partial charge in [0.15, 0.2) is 0 Å². The molecule has 3 heteroatoms. The Hall–Kier alpha value is -1.16. The Morgan fingerprint density at radius 1 is 1.10 bits per heavy atom.